The number of benzene rings is 3. The highest BCUT2D eigenvalue weighted by molar-refractivity contribution is 7.80. The lowest BCUT2D eigenvalue weighted by atomic mass is 9.93. The lowest BCUT2D eigenvalue weighted by molar-refractivity contribution is -0.136. The Morgan fingerprint density at radius 1 is 0.971 bits per heavy atom. The van der Waals surface area contributed by atoms with E-state index in [4.69, 9.17) is 56.5 Å². The Morgan fingerprint density at radius 3 is 2.24 bits per heavy atom. The van der Waals surface area contributed by atoms with Crippen LogP contribution in [0.25, 0.3) is 5.70 Å². The standard InChI is InChI=1S/C25H19Cl3N2O3S/c1-32-24(31)21-22(14-5-9-16(26)10-6-14)29-25(34)30-23(21)15-7-11-17(12-8-15)33-13-18-19(27)3-2-4-20(18)28/h2-12,23H,13H2,1H3,(H2,29,30,34)/t23-/m1/s1. The van der Waals surface area contributed by atoms with Gasteiger partial charge in [0.25, 0.3) is 0 Å². The summed E-state index contributed by atoms with van der Waals surface area (Å²) in [4.78, 5) is 12.8. The van der Waals surface area contributed by atoms with Crippen LogP contribution in [-0.4, -0.2) is 18.2 Å². The lowest BCUT2D eigenvalue weighted by Crippen LogP contribution is -2.45. The number of hydrogen-bond donors (Lipinski definition) is 2. The van der Waals surface area contributed by atoms with Crippen molar-refractivity contribution in [3.8, 4) is 5.75 Å². The molecule has 2 N–H and O–H groups in total. The molecule has 0 saturated heterocycles. The zero-order valence-corrected chi connectivity index (χ0v) is 21.0. The van der Waals surface area contributed by atoms with E-state index in [9.17, 15) is 4.79 Å². The summed E-state index contributed by atoms with van der Waals surface area (Å²) >= 11 is 23.9. The molecular weight excluding hydrogens is 515 g/mol. The minimum Gasteiger partial charge on any atom is -0.489 e. The maximum atomic E-state index is 12.8. The molecular formula is C25H19Cl3N2O3S. The van der Waals surface area contributed by atoms with E-state index in [0.29, 0.717) is 42.8 Å². The highest BCUT2D eigenvalue weighted by Gasteiger charge is 2.32. The van der Waals surface area contributed by atoms with E-state index >= 15 is 0 Å². The van der Waals surface area contributed by atoms with Gasteiger partial charge in [-0.15, -0.1) is 0 Å². The summed E-state index contributed by atoms with van der Waals surface area (Å²) in [6, 6.07) is 19.2. The Labute approximate surface area is 217 Å². The van der Waals surface area contributed by atoms with Crippen LogP contribution in [-0.2, 0) is 16.1 Å². The van der Waals surface area contributed by atoms with Crippen LogP contribution in [0, 0.1) is 0 Å². The average Bonchev–Trinajstić information content (AvgIpc) is 2.83. The second-order valence-electron chi connectivity index (χ2n) is 7.38. The molecule has 0 fully saturated rings. The summed E-state index contributed by atoms with van der Waals surface area (Å²) < 4.78 is 11.0. The van der Waals surface area contributed by atoms with Crippen molar-refractivity contribution in [1.29, 1.82) is 0 Å². The molecule has 3 aromatic rings. The van der Waals surface area contributed by atoms with Gasteiger partial charge in [-0.2, -0.15) is 0 Å². The first-order valence-corrected chi connectivity index (χ1v) is 11.7. The Balaban J connectivity index is 1.63. The van der Waals surface area contributed by atoms with Gasteiger partial charge in [-0.1, -0.05) is 65.1 Å². The molecule has 1 aliphatic heterocycles. The number of hydrogen-bond acceptors (Lipinski definition) is 4. The molecule has 0 saturated carbocycles. The van der Waals surface area contributed by atoms with Gasteiger partial charge in [-0.3, -0.25) is 0 Å². The molecule has 0 aliphatic carbocycles. The number of rotatable bonds is 6. The zero-order chi connectivity index (χ0) is 24.2. The Hall–Kier alpha value is -2.77. The summed E-state index contributed by atoms with van der Waals surface area (Å²) in [5, 5.41) is 8.30. The van der Waals surface area contributed by atoms with Gasteiger partial charge in [0.15, 0.2) is 5.11 Å². The minimum absolute atomic E-state index is 0.224. The molecule has 5 nitrogen and oxygen atoms in total. The van der Waals surface area contributed by atoms with Crippen LogP contribution < -0.4 is 15.4 Å². The van der Waals surface area contributed by atoms with Crippen LogP contribution in [0.5, 0.6) is 5.75 Å². The van der Waals surface area contributed by atoms with Gasteiger partial charge in [-0.25, -0.2) is 4.79 Å². The van der Waals surface area contributed by atoms with Crippen molar-refractivity contribution in [2.45, 2.75) is 12.6 Å². The van der Waals surface area contributed by atoms with Crippen LogP contribution in [0.1, 0.15) is 22.7 Å². The highest BCUT2D eigenvalue weighted by atomic mass is 35.5. The molecule has 0 spiro atoms. The van der Waals surface area contributed by atoms with E-state index in [2.05, 4.69) is 10.6 Å². The van der Waals surface area contributed by atoms with Gasteiger partial charge in [0, 0.05) is 20.6 Å². The van der Waals surface area contributed by atoms with Gasteiger partial charge < -0.3 is 20.1 Å². The van der Waals surface area contributed by atoms with Crippen molar-refractivity contribution in [1.82, 2.24) is 10.6 Å². The third-order valence-corrected chi connectivity index (χ3v) is 6.45. The number of carbonyl (C=O) groups is 1. The molecule has 0 aromatic heterocycles. The van der Waals surface area contributed by atoms with Gasteiger partial charge in [-0.05, 0) is 59.7 Å². The van der Waals surface area contributed by atoms with E-state index in [1.54, 1.807) is 30.3 Å². The third-order valence-electron chi connectivity index (χ3n) is 5.27. The molecule has 0 bridgehead atoms. The van der Waals surface area contributed by atoms with Crippen molar-refractivity contribution in [2.24, 2.45) is 0 Å². The summed E-state index contributed by atoms with van der Waals surface area (Å²) in [6.45, 7) is 0.224. The van der Waals surface area contributed by atoms with Crippen LogP contribution in [0.2, 0.25) is 15.1 Å². The van der Waals surface area contributed by atoms with E-state index < -0.39 is 12.0 Å². The largest absolute Gasteiger partial charge is 0.489 e. The number of nitrogens with one attached hydrogen (secondary N) is 2. The quantitative estimate of drug-likeness (QED) is 0.285. The van der Waals surface area contributed by atoms with E-state index in [-0.39, 0.29) is 6.61 Å². The SMILES string of the molecule is COC(=O)C1=C(c2ccc(Cl)cc2)NC(=S)N[C@@H]1c1ccc(OCc2c(Cl)cccc2Cl)cc1. The molecule has 1 atom stereocenters. The minimum atomic E-state index is -0.529. The molecule has 0 amide bonds. The molecule has 0 unspecified atom stereocenters. The normalized spacial score (nSPS) is 15.4. The number of methoxy groups -OCH3 is 1. The molecule has 0 radical (unpaired) electrons. The second kappa shape index (κ2) is 10.7. The molecule has 174 valence electrons. The molecule has 3 aromatic carbocycles. The number of halogens is 3. The summed E-state index contributed by atoms with van der Waals surface area (Å²) in [5.41, 5.74) is 3.23. The lowest BCUT2D eigenvalue weighted by Gasteiger charge is -2.31. The predicted molar refractivity (Wildman–Crippen MR) is 139 cm³/mol. The number of carbonyl (C=O) groups excluding carboxylic acids is 1. The maximum Gasteiger partial charge on any atom is 0.338 e. The van der Waals surface area contributed by atoms with Crippen molar-refractivity contribution in [3.63, 3.8) is 0 Å². The van der Waals surface area contributed by atoms with Gasteiger partial charge >= 0.3 is 5.97 Å². The second-order valence-corrected chi connectivity index (χ2v) is 9.04. The first-order valence-electron chi connectivity index (χ1n) is 10.2. The smallest absolute Gasteiger partial charge is 0.338 e. The van der Waals surface area contributed by atoms with Crippen LogP contribution in [0.15, 0.2) is 72.3 Å². The topological polar surface area (TPSA) is 59.6 Å². The fourth-order valence-electron chi connectivity index (χ4n) is 3.57. The summed E-state index contributed by atoms with van der Waals surface area (Å²) in [6.07, 6.45) is 0. The number of thiocarbonyl (C=S) groups is 1. The molecule has 1 heterocycles. The average molecular weight is 534 g/mol. The van der Waals surface area contributed by atoms with Crippen LogP contribution in [0.4, 0.5) is 0 Å². The monoisotopic (exact) mass is 532 g/mol. The molecule has 4 rings (SSSR count). The zero-order valence-electron chi connectivity index (χ0n) is 17.9. The van der Waals surface area contributed by atoms with Crippen molar-refractivity contribution in [3.05, 3.63) is 104 Å². The summed E-state index contributed by atoms with van der Waals surface area (Å²) in [5.74, 6) is 0.143. The van der Waals surface area contributed by atoms with Gasteiger partial charge in [0.1, 0.15) is 12.4 Å². The first kappa shape index (κ1) is 24.4. The van der Waals surface area contributed by atoms with Crippen LogP contribution >= 0.6 is 47.0 Å². The Kier molecular flexibility index (Phi) is 7.63. The molecule has 9 heteroatoms. The van der Waals surface area contributed by atoms with E-state index in [1.807, 2.05) is 36.4 Å². The highest BCUT2D eigenvalue weighted by Crippen LogP contribution is 2.33. The van der Waals surface area contributed by atoms with Crippen LogP contribution in [0.3, 0.4) is 0 Å². The van der Waals surface area contributed by atoms with E-state index in [0.717, 1.165) is 11.1 Å². The molecule has 1 aliphatic rings. The molecule has 34 heavy (non-hydrogen) atoms. The van der Waals surface area contributed by atoms with Crippen molar-refractivity contribution < 1.29 is 14.3 Å². The van der Waals surface area contributed by atoms with Gasteiger partial charge in [0.2, 0.25) is 0 Å². The summed E-state index contributed by atoms with van der Waals surface area (Å²) in [7, 11) is 1.34. The fourth-order valence-corrected chi connectivity index (χ4v) is 4.42. The van der Waals surface area contributed by atoms with Gasteiger partial charge in [0.05, 0.1) is 24.4 Å². The first-order chi connectivity index (χ1) is 16.4. The predicted octanol–water partition coefficient (Wildman–Crippen LogP) is 6.33. The number of esters is 1. The Bertz CT molecular complexity index is 1240. The van der Waals surface area contributed by atoms with Crippen molar-refractivity contribution >= 4 is 63.8 Å². The third kappa shape index (κ3) is 5.31. The van der Waals surface area contributed by atoms with E-state index in [1.165, 1.54) is 7.11 Å². The Morgan fingerprint density at radius 2 is 1.62 bits per heavy atom. The fraction of sp³-hybridized carbons (Fsp3) is 0.120. The maximum absolute atomic E-state index is 12.8. The number of ether oxygens (including phenoxy) is 2. The van der Waals surface area contributed by atoms with Crippen molar-refractivity contribution in [2.75, 3.05) is 7.11 Å².